The second-order valence-electron chi connectivity index (χ2n) is 5.46. The second kappa shape index (κ2) is 7.39. The van der Waals surface area contributed by atoms with Gasteiger partial charge in [0.05, 0.1) is 5.54 Å². The number of nitrogens with zero attached hydrogens (tertiary/aromatic N) is 1. The zero-order valence-electron chi connectivity index (χ0n) is 11.9. The number of nitrogens with two attached hydrogens (primary N) is 1. The van der Waals surface area contributed by atoms with Crippen LogP contribution in [0.5, 0.6) is 0 Å². The fourth-order valence-electron chi connectivity index (χ4n) is 2.58. The van der Waals surface area contributed by atoms with Gasteiger partial charge in [-0.25, -0.2) is 0 Å². The van der Waals surface area contributed by atoms with Crippen molar-refractivity contribution in [3.05, 3.63) is 0 Å². The van der Waals surface area contributed by atoms with Gasteiger partial charge in [0.25, 0.3) is 0 Å². The van der Waals surface area contributed by atoms with Crippen molar-refractivity contribution in [2.45, 2.75) is 77.2 Å². The number of nitrogens with one attached hydrogen (secondary N) is 2. The molecule has 0 radical (unpaired) electrons. The first kappa shape index (κ1) is 15.0. The number of unbranched alkanes of at least 4 members (excludes halogenated alkanes) is 4. The fraction of sp³-hybridized carbons (Fsp3) is 0.857. The number of hydrogen-bond acceptors (Lipinski definition) is 3. The number of hydrogen-bond donors (Lipinski definition) is 3. The third-order valence-electron chi connectivity index (χ3n) is 3.76. The molecule has 1 aliphatic rings. The largest absolute Gasteiger partial charge is 0.383 e. The summed E-state index contributed by atoms with van der Waals surface area (Å²) < 4.78 is 0. The van der Waals surface area contributed by atoms with Crippen molar-refractivity contribution in [1.29, 1.82) is 5.41 Å². The minimum absolute atomic E-state index is 0.0747. The Balaban J connectivity index is 2.51. The predicted molar refractivity (Wildman–Crippen MR) is 78.1 cm³/mol. The molecule has 0 spiro atoms. The molecule has 1 heterocycles. The molecule has 4 N–H and O–H groups in total. The summed E-state index contributed by atoms with van der Waals surface area (Å²) in [5, 5.41) is 11.8. The van der Waals surface area contributed by atoms with Gasteiger partial charge in [0.1, 0.15) is 11.5 Å². The molecule has 18 heavy (non-hydrogen) atoms. The van der Waals surface area contributed by atoms with E-state index in [1.165, 1.54) is 38.5 Å². The highest BCUT2D eigenvalue weighted by Gasteiger charge is 2.35. The van der Waals surface area contributed by atoms with Crippen LogP contribution in [0.4, 0.5) is 0 Å². The maximum atomic E-state index is 7.50. The van der Waals surface area contributed by atoms with Crippen LogP contribution in [0.15, 0.2) is 5.10 Å². The first-order valence-corrected chi connectivity index (χ1v) is 7.31. The highest BCUT2D eigenvalue weighted by Crippen LogP contribution is 2.30. The molecule has 1 rings (SSSR count). The van der Waals surface area contributed by atoms with Gasteiger partial charge in [0.15, 0.2) is 0 Å². The van der Waals surface area contributed by atoms with Crippen LogP contribution in [0, 0.1) is 5.41 Å². The Morgan fingerprint density at radius 1 is 1.22 bits per heavy atom. The number of rotatable bonds is 9. The Bertz CT molecular complexity index is 286. The Morgan fingerprint density at radius 2 is 1.78 bits per heavy atom. The van der Waals surface area contributed by atoms with Crippen LogP contribution in [0.2, 0.25) is 0 Å². The molecule has 0 saturated heterocycles. The highest BCUT2D eigenvalue weighted by atomic mass is 15.4. The molecule has 0 amide bonds. The monoisotopic (exact) mass is 252 g/mol. The molecule has 1 aliphatic heterocycles. The standard InChI is InChI=1S/C14H28N4/c1-3-5-7-9-14(10-8-6-4-2)11-12(13(15)16)17-18-14/h18H,3-11H2,1-2H3,(H3,15,16). The molecule has 0 aromatic carbocycles. The summed E-state index contributed by atoms with van der Waals surface area (Å²) in [4.78, 5) is 0. The van der Waals surface area contributed by atoms with Crippen LogP contribution in [0.25, 0.3) is 0 Å². The molecule has 0 bridgehead atoms. The molecule has 0 aromatic heterocycles. The van der Waals surface area contributed by atoms with Crippen molar-refractivity contribution < 1.29 is 0 Å². The maximum Gasteiger partial charge on any atom is 0.139 e. The third kappa shape index (κ3) is 4.31. The number of amidine groups is 1. The lowest BCUT2D eigenvalue weighted by molar-refractivity contribution is 0.295. The molecule has 4 heteroatoms. The fourth-order valence-corrected chi connectivity index (χ4v) is 2.58. The average Bonchev–Trinajstić information content (AvgIpc) is 2.75. The van der Waals surface area contributed by atoms with E-state index < -0.39 is 0 Å². The summed E-state index contributed by atoms with van der Waals surface area (Å²) in [7, 11) is 0. The van der Waals surface area contributed by atoms with Crippen molar-refractivity contribution in [2.75, 3.05) is 0 Å². The van der Waals surface area contributed by atoms with Gasteiger partial charge in [-0.3, -0.25) is 5.41 Å². The zero-order chi connectivity index (χ0) is 13.4. The summed E-state index contributed by atoms with van der Waals surface area (Å²) in [6, 6.07) is 0. The van der Waals surface area contributed by atoms with Crippen LogP contribution in [-0.4, -0.2) is 17.1 Å². The second-order valence-corrected chi connectivity index (χ2v) is 5.46. The number of hydrazone groups is 1. The molecule has 104 valence electrons. The minimum atomic E-state index is 0.0747. The van der Waals surface area contributed by atoms with Gasteiger partial charge in [-0.15, -0.1) is 0 Å². The van der Waals surface area contributed by atoms with Crippen molar-refractivity contribution in [3.8, 4) is 0 Å². The van der Waals surface area contributed by atoms with Gasteiger partial charge >= 0.3 is 0 Å². The summed E-state index contributed by atoms with van der Waals surface area (Å²) in [6.45, 7) is 4.45. The van der Waals surface area contributed by atoms with Crippen LogP contribution >= 0.6 is 0 Å². The summed E-state index contributed by atoms with van der Waals surface area (Å²) >= 11 is 0. The lowest BCUT2D eigenvalue weighted by atomic mass is 9.83. The molecule has 0 unspecified atom stereocenters. The van der Waals surface area contributed by atoms with E-state index >= 15 is 0 Å². The smallest absolute Gasteiger partial charge is 0.139 e. The van der Waals surface area contributed by atoms with E-state index in [2.05, 4.69) is 24.4 Å². The van der Waals surface area contributed by atoms with Crippen LogP contribution in [0.3, 0.4) is 0 Å². The SMILES string of the molecule is CCCCCC1(CCCCC)CC(C(=N)N)=NN1. The molecular formula is C14H28N4. The Morgan fingerprint density at radius 3 is 2.17 bits per heavy atom. The van der Waals surface area contributed by atoms with E-state index in [0.717, 1.165) is 25.0 Å². The molecular weight excluding hydrogens is 224 g/mol. The van der Waals surface area contributed by atoms with Gasteiger partial charge in [0, 0.05) is 6.42 Å². The van der Waals surface area contributed by atoms with Crippen molar-refractivity contribution >= 4 is 11.5 Å². The van der Waals surface area contributed by atoms with Gasteiger partial charge in [-0.05, 0) is 12.8 Å². The van der Waals surface area contributed by atoms with Crippen LogP contribution in [-0.2, 0) is 0 Å². The molecule has 0 saturated carbocycles. The quantitative estimate of drug-likeness (QED) is 0.335. The maximum absolute atomic E-state index is 7.50. The van der Waals surface area contributed by atoms with Crippen molar-refractivity contribution in [1.82, 2.24) is 5.43 Å². The van der Waals surface area contributed by atoms with Gasteiger partial charge < -0.3 is 11.2 Å². The van der Waals surface area contributed by atoms with E-state index in [1.54, 1.807) is 0 Å². The predicted octanol–water partition coefficient (Wildman–Crippen LogP) is 3.17. The van der Waals surface area contributed by atoms with Gasteiger partial charge in [-0.1, -0.05) is 52.4 Å². The van der Waals surface area contributed by atoms with E-state index in [-0.39, 0.29) is 11.4 Å². The molecule has 4 nitrogen and oxygen atoms in total. The highest BCUT2D eigenvalue weighted by molar-refractivity contribution is 6.40. The minimum Gasteiger partial charge on any atom is -0.383 e. The molecule has 0 aromatic rings. The van der Waals surface area contributed by atoms with Crippen molar-refractivity contribution in [2.24, 2.45) is 10.8 Å². The zero-order valence-corrected chi connectivity index (χ0v) is 11.9. The Kier molecular flexibility index (Phi) is 6.16. The van der Waals surface area contributed by atoms with Gasteiger partial charge in [0.2, 0.25) is 0 Å². The van der Waals surface area contributed by atoms with E-state index in [4.69, 9.17) is 11.1 Å². The normalized spacial score (nSPS) is 17.3. The Labute approximate surface area is 111 Å². The summed E-state index contributed by atoms with van der Waals surface area (Å²) in [5.41, 5.74) is 9.64. The summed E-state index contributed by atoms with van der Waals surface area (Å²) in [6.07, 6.45) is 10.6. The van der Waals surface area contributed by atoms with E-state index in [1.807, 2.05) is 0 Å². The molecule has 0 fully saturated rings. The van der Waals surface area contributed by atoms with E-state index in [9.17, 15) is 0 Å². The molecule has 0 aliphatic carbocycles. The molecule has 0 atom stereocenters. The lowest BCUT2D eigenvalue weighted by Gasteiger charge is -2.29. The van der Waals surface area contributed by atoms with Crippen LogP contribution < -0.4 is 11.2 Å². The van der Waals surface area contributed by atoms with Crippen LogP contribution in [0.1, 0.15) is 71.6 Å². The first-order chi connectivity index (χ1) is 8.63. The third-order valence-corrected chi connectivity index (χ3v) is 3.76. The van der Waals surface area contributed by atoms with Crippen molar-refractivity contribution in [3.63, 3.8) is 0 Å². The van der Waals surface area contributed by atoms with Gasteiger partial charge in [-0.2, -0.15) is 5.10 Å². The summed E-state index contributed by atoms with van der Waals surface area (Å²) in [5.74, 6) is 0.121. The lowest BCUT2D eigenvalue weighted by Crippen LogP contribution is -2.39. The Hall–Kier alpha value is -1.06. The van der Waals surface area contributed by atoms with E-state index in [0.29, 0.717) is 0 Å². The first-order valence-electron chi connectivity index (χ1n) is 7.31. The average molecular weight is 252 g/mol. The topological polar surface area (TPSA) is 74.3 Å².